The molecule has 1 aliphatic rings. The summed E-state index contributed by atoms with van der Waals surface area (Å²) in [5, 5.41) is 0. The van der Waals surface area contributed by atoms with E-state index in [0.29, 0.717) is 23.8 Å². The number of piperidine rings is 1. The first kappa shape index (κ1) is 16.9. The van der Waals surface area contributed by atoms with Gasteiger partial charge in [-0.25, -0.2) is 8.42 Å². The van der Waals surface area contributed by atoms with E-state index in [9.17, 15) is 8.42 Å². The van der Waals surface area contributed by atoms with Gasteiger partial charge in [-0.05, 0) is 56.9 Å². The summed E-state index contributed by atoms with van der Waals surface area (Å²) in [5.41, 5.74) is 0. The monoisotopic (exact) mass is 320 g/mol. The molecule has 0 aromatic heterocycles. The molecule has 1 atom stereocenters. The summed E-state index contributed by atoms with van der Waals surface area (Å²) in [6.07, 6.45) is 4.64. The predicted octanol–water partition coefficient (Wildman–Crippen LogP) is 2.86. The van der Waals surface area contributed by atoms with Crippen LogP contribution in [0.15, 0.2) is 29.2 Å². The summed E-state index contributed by atoms with van der Waals surface area (Å²) in [6.45, 7) is 4.64. The van der Waals surface area contributed by atoms with E-state index >= 15 is 0 Å². The molecule has 5 heteroatoms. The van der Waals surface area contributed by atoms with E-state index in [0.717, 1.165) is 19.3 Å². The molecule has 1 aliphatic heterocycles. The molecule has 4 nitrogen and oxygen atoms in total. The second-order valence-electron chi connectivity index (χ2n) is 5.18. The average Bonchev–Trinajstić information content (AvgIpc) is 2.55. The Kier molecular flexibility index (Phi) is 5.87. The molecule has 22 heavy (non-hydrogen) atoms. The number of ether oxygens (including phenoxy) is 1. The third-order valence-corrected chi connectivity index (χ3v) is 5.76. The Morgan fingerprint density at radius 2 is 2.05 bits per heavy atom. The first-order valence-electron chi connectivity index (χ1n) is 7.55. The molecular formula is C17H22NO3S. The normalized spacial score (nSPS) is 19.3. The molecule has 1 heterocycles. The molecule has 0 bridgehead atoms. The lowest BCUT2D eigenvalue weighted by molar-refractivity contribution is 0.279. The second kappa shape index (κ2) is 7.66. The highest BCUT2D eigenvalue weighted by Crippen LogP contribution is 2.27. The molecule has 0 amide bonds. The minimum atomic E-state index is -3.44. The van der Waals surface area contributed by atoms with Crippen LogP contribution in [-0.2, 0) is 10.0 Å². The van der Waals surface area contributed by atoms with Crippen LogP contribution in [-0.4, -0.2) is 31.9 Å². The zero-order valence-corrected chi connectivity index (χ0v) is 13.9. The Morgan fingerprint density at radius 3 is 2.68 bits per heavy atom. The van der Waals surface area contributed by atoms with Crippen molar-refractivity contribution in [1.82, 2.24) is 4.31 Å². The molecule has 1 aromatic rings. The summed E-state index contributed by atoms with van der Waals surface area (Å²) in [5.74, 6) is 6.18. The lowest BCUT2D eigenvalue weighted by Gasteiger charge is -2.34. The Morgan fingerprint density at radius 1 is 1.32 bits per heavy atom. The van der Waals surface area contributed by atoms with Crippen LogP contribution in [0.5, 0.6) is 5.75 Å². The van der Waals surface area contributed by atoms with Crippen LogP contribution in [0.2, 0.25) is 0 Å². The van der Waals surface area contributed by atoms with Crippen LogP contribution in [0.25, 0.3) is 0 Å². The largest absolute Gasteiger partial charge is 0.481 e. The standard InChI is InChI=1S/C17H22NO3S/c1-3-5-14-21-16-9-11-17(12-10-16)22(19,20)18-13-7-6-8-15(18)4-2/h6,9-12,15H,4,7-8,13-14H2,1-2H3. The molecule has 0 saturated carbocycles. The van der Waals surface area contributed by atoms with Crippen LogP contribution in [0.3, 0.4) is 0 Å². The molecule has 1 saturated heterocycles. The molecule has 2 rings (SSSR count). The summed E-state index contributed by atoms with van der Waals surface area (Å²) >= 11 is 0. The summed E-state index contributed by atoms with van der Waals surface area (Å²) in [7, 11) is -3.44. The lowest BCUT2D eigenvalue weighted by Crippen LogP contribution is -2.43. The van der Waals surface area contributed by atoms with Crippen LogP contribution in [0.1, 0.15) is 33.1 Å². The number of hydrogen-bond acceptors (Lipinski definition) is 3. The predicted molar refractivity (Wildman–Crippen MR) is 86.9 cm³/mol. The van der Waals surface area contributed by atoms with Gasteiger partial charge in [0.2, 0.25) is 10.0 Å². The zero-order chi connectivity index (χ0) is 16.0. The minimum Gasteiger partial charge on any atom is -0.481 e. The van der Waals surface area contributed by atoms with Crippen molar-refractivity contribution >= 4 is 10.0 Å². The first-order valence-corrected chi connectivity index (χ1v) is 8.99. The highest BCUT2D eigenvalue weighted by atomic mass is 32.2. The van der Waals surface area contributed by atoms with Crippen LogP contribution >= 0.6 is 0 Å². The third kappa shape index (κ3) is 3.82. The van der Waals surface area contributed by atoms with Gasteiger partial charge in [-0.15, -0.1) is 5.92 Å². The molecule has 0 spiro atoms. The van der Waals surface area contributed by atoms with E-state index in [1.807, 2.05) is 6.92 Å². The number of nitrogens with zero attached hydrogens (tertiary/aromatic N) is 1. The quantitative estimate of drug-likeness (QED) is 0.784. The van der Waals surface area contributed by atoms with Crippen LogP contribution in [0, 0.1) is 18.3 Å². The van der Waals surface area contributed by atoms with Gasteiger partial charge >= 0.3 is 0 Å². The fourth-order valence-corrected chi connectivity index (χ4v) is 4.27. The topological polar surface area (TPSA) is 46.6 Å². The SMILES string of the molecule is CC#CCOc1ccc(S(=O)(=O)N2CC[CH]CC2CC)cc1. The lowest BCUT2D eigenvalue weighted by atomic mass is 10.0. The fraction of sp³-hybridized carbons (Fsp3) is 0.471. The van der Waals surface area contributed by atoms with Gasteiger partial charge in [-0.1, -0.05) is 12.8 Å². The van der Waals surface area contributed by atoms with Crippen molar-refractivity contribution < 1.29 is 13.2 Å². The molecule has 119 valence electrons. The maximum atomic E-state index is 12.8. The molecule has 0 N–H and O–H groups in total. The second-order valence-corrected chi connectivity index (χ2v) is 7.07. The molecule has 1 radical (unpaired) electrons. The van der Waals surface area contributed by atoms with Gasteiger partial charge in [-0.3, -0.25) is 0 Å². The number of hydrogen-bond donors (Lipinski definition) is 0. The van der Waals surface area contributed by atoms with Gasteiger partial charge in [0.1, 0.15) is 12.4 Å². The highest BCUT2D eigenvalue weighted by molar-refractivity contribution is 7.89. The Hall–Kier alpha value is -1.51. The Labute approximate surface area is 133 Å². The molecule has 1 aromatic carbocycles. The van der Waals surface area contributed by atoms with E-state index < -0.39 is 10.0 Å². The molecular weight excluding hydrogens is 298 g/mol. The molecule has 1 unspecified atom stereocenters. The van der Waals surface area contributed by atoms with Crippen molar-refractivity contribution in [2.75, 3.05) is 13.2 Å². The number of rotatable bonds is 5. The van der Waals surface area contributed by atoms with Crippen molar-refractivity contribution in [2.24, 2.45) is 0 Å². The van der Waals surface area contributed by atoms with Crippen LogP contribution in [0.4, 0.5) is 0 Å². The Bertz CT molecular complexity index is 641. The van der Waals surface area contributed by atoms with Gasteiger partial charge in [0.25, 0.3) is 0 Å². The van der Waals surface area contributed by atoms with Crippen molar-refractivity contribution in [3.8, 4) is 17.6 Å². The number of benzene rings is 1. The van der Waals surface area contributed by atoms with Crippen molar-refractivity contribution in [3.05, 3.63) is 30.7 Å². The summed E-state index contributed by atoms with van der Waals surface area (Å²) < 4.78 is 32.6. The zero-order valence-electron chi connectivity index (χ0n) is 13.1. The van der Waals surface area contributed by atoms with E-state index in [1.54, 1.807) is 35.5 Å². The molecule has 0 aliphatic carbocycles. The summed E-state index contributed by atoms with van der Waals surface area (Å²) in [6, 6.07) is 6.64. The van der Waals surface area contributed by atoms with Crippen LogP contribution < -0.4 is 4.74 Å². The van der Waals surface area contributed by atoms with E-state index in [4.69, 9.17) is 4.74 Å². The highest BCUT2D eigenvalue weighted by Gasteiger charge is 2.32. The van der Waals surface area contributed by atoms with E-state index in [1.165, 1.54) is 0 Å². The Balaban J connectivity index is 2.16. The van der Waals surface area contributed by atoms with E-state index in [2.05, 4.69) is 18.3 Å². The maximum absolute atomic E-state index is 12.8. The minimum absolute atomic E-state index is 0.0644. The van der Waals surface area contributed by atoms with Crippen molar-refractivity contribution in [1.29, 1.82) is 0 Å². The summed E-state index contributed by atoms with van der Waals surface area (Å²) in [4.78, 5) is 0.321. The maximum Gasteiger partial charge on any atom is 0.243 e. The van der Waals surface area contributed by atoms with Crippen molar-refractivity contribution in [3.63, 3.8) is 0 Å². The van der Waals surface area contributed by atoms with Crippen molar-refractivity contribution in [2.45, 2.75) is 44.0 Å². The van der Waals surface area contributed by atoms with Gasteiger partial charge < -0.3 is 4.74 Å². The third-order valence-electron chi connectivity index (χ3n) is 3.79. The van der Waals surface area contributed by atoms with Gasteiger partial charge in [0.15, 0.2) is 0 Å². The smallest absolute Gasteiger partial charge is 0.243 e. The average molecular weight is 320 g/mol. The number of sulfonamides is 1. The fourth-order valence-electron chi connectivity index (χ4n) is 2.55. The van der Waals surface area contributed by atoms with Gasteiger partial charge in [0.05, 0.1) is 4.90 Å². The van der Waals surface area contributed by atoms with Gasteiger partial charge in [-0.2, -0.15) is 4.31 Å². The van der Waals surface area contributed by atoms with E-state index in [-0.39, 0.29) is 6.04 Å². The first-order chi connectivity index (χ1) is 10.6. The molecule has 1 fully saturated rings. The van der Waals surface area contributed by atoms with Gasteiger partial charge in [0, 0.05) is 12.6 Å².